The van der Waals surface area contributed by atoms with Gasteiger partial charge in [0.05, 0.1) is 6.20 Å². The largest absolute Gasteiger partial charge is 0.374 e. The summed E-state index contributed by atoms with van der Waals surface area (Å²) in [5.41, 5.74) is 9.43. The first-order chi connectivity index (χ1) is 31.0. The number of likely N-dealkylation sites (tertiary alicyclic amines) is 1. The highest BCUT2D eigenvalue weighted by molar-refractivity contribution is 6.01. The smallest absolute Gasteiger partial charge is 0.253 e. The molecule has 0 aliphatic carbocycles. The van der Waals surface area contributed by atoms with E-state index in [4.69, 9.17) is 4.98 Å². The molecule has 0 saturated carbocycles. The van der Waals surface area contributed by atoms with E-state index >= 15 is 4.39 Å². The number of piperidine rings is 2. The summed E-state index contributed by atoms with van der Waals surface area (Å²) in [6, 6.07) is 18.9. The molecule has 2 aromatic carbocycles. The van der Waals surface area contributed by atoms with Crippen LogP contribution in [0.1, 0.15) is 78.7 Å². The van der Waals surface area contributed by atoms with Gasteiger partial charge in [0.2, 0.25) is 11.8 Å². The van der Waals surface area contributed by atoms with Crippen LogP contribution in [0.25, 0.3) is 39.0 Å². The molecule has 3 aliphatic heterocycles. The molecule has 2 atom stereocenters. The maximum Gasteiger partial charge on any atom is 0.253 e. The third-order valence-corrected chi connectivity index (χ3v) is 13.3. The van der Waals surface area contributed by atoms with Crippen LogP contribution in [0, 0.1) is 18.7 Å². The molecule has 0 spiro atoms. The van der Waals surface area contributed by atoms with E-state index in [0.717, 1.165) is 87.6 Å². The molecule has 7 heterocycles. The standard InChI is InChI=1S/C49H54FN11O3/c1-30-25-36(49(64)60-20-14-32(15-21-60)16-24-61-29-42(56-57-61)33-5-8-37(9-6-33)54-41-10-12-45(62)55-48(41)63)26-40(50)46(30)34-17-22-59(23-18-34)31(2)43-27-39-38(13-19-52-47(39)58(43)4)35-7-11-44(51-3)53-28-35/h5-9,11,13,17,19,25-29,31-32,41,54H,10,12,14-16,18,20-24H2,1-4H3,(H,51,53)(H,55,62,63)/t31-,41?/m1/s1. The maximum atomic E-state index is 16.0. The normalized spacial score (nSPS) is 17.9. The summed E-state index contributed by atoms with van der Waals surface area (Å²) in [6.07, 6.45) is 12.0. The van der Waals surface area contributed by atoms with Crippen molar-refractivity contribution in [3.8, 4) is 22.4 Å². The molecule has 330 valence electrons. The summed E-state index contributed by atoms with van der Waals surface area (Å²) >= 11 is 0. The second kappa shape index (κ2) is 18.2. The van der Waals surface area contributed by atoms with Crippen LogP contribution in [0.5, 0.6) is 0 Å². The molecule has 3 amide bonds. The van der Waals surface area contributed by atoms with Crippen LogP contribution in [-0.4, -0.2) is 96.3 Å². The lowest BCUT2D eigenvalue weighted by atomic mass is 9.91. The average Bonchev–Trinajstić information content (AvgIpc) is 3.93. The lowest BCUT2D eigenvalue weighted by Gasteiger charge is -2.33. The lowest BCUT2D eigenvalue weighted by molar-refractivity contribution is -0.133. The number of amides is 3. The maximum absolute atomic E-state index is 16.0. The number of hydrogen-bond acceptors (Lipinski definition) is 10. The summed E-state index contributed by atoms with van der Waals surface area (Å²) < 4.78 is 20.0. The van der Waals surface area contributed by atoms with Crippen molar-refractivity contribution in [3.05, 3.63) is 114 Å². The Morgan fingerprint density at radius 1 is 0.969 bits per heavy atom. The van der Waals surface area contributed by atoms with Crippen LogP contribution in [0.2, 0.25) is 0 Å². The van der Waals surface area contributed by atoms with Crippen LogP contribution in [-0.2, 0) is 23.2 Å². The zero-order valence-electron chi connectivity index (χ0n) is 36.8. The van der Waals surface area contributed by atoms with Gasteiger partial charge in [0, 0.05) is 111 Å². The van der Waals surface area contributed by atoms with Gasteiger partial charge in [-0.05, 0) is 117 Å². The molecule has 2 fully saturated rings. The summed E-state index contributed by atoms with van der Waals surface area (Å²) in [5.74, 6) is 0.243. The minimum Gasteiger partial charge on any atom is -0.374 e. The molecule has 3 N–H and O–H groups in total. The number of benzene rings is 2. The highest BCUT2D eigenvalue weighted by Gasteiger charge is 2.29. The van der Waals surface area contributed by atoms with Crippen LogP contribution >= 0.6 is 0 Å². The molecule has 1 unspecified atom stereocenters. The first-order valence-electron chi connectivity index (χ1n) is 22.2. The molecular weight excluding hydrogens is 810 g/mol. The van der Waals surface area contributed by atoms with Crippen LogP contribution in [0.4, 0.5) is 15.9 Å². The zero-order chi connectivity index (χ0) is 44.5. The highest BCUT2D eigenvalue weighted by Crippen LogP contribution is 2.36. The second-order valence-electron chi connectivity index (χ2n) is 17.3. The van der Waals surface area contributed by atoms with Crippen molar-refractivity contribution < 1.29 is 18.8 Å². The zero-order valence-corrected chi connectivity index (χ0v) is 36.8. The summed E-state index contributed by atoms with van der Waals surface area (Å²) in [4.78, 5) is 50.8. The number of imide groups is 1. The minimum absolute atomic E-state index is 0.106. The van der Waals surface area contributed by atoms with Crippen LogP contribution in [0.15, 0.2) is 85.3 Å². The average molecular weight is 864 g/mol. The SMILES string of the molecule is CNc1ccc(-c2ccnc3c2cc([C@@H](C)N2CC=C(c4c(C)cc(C(=O)N5CCC(CCn6cc(-c7ccc(NC8CCC(=O)NC8=O)cc7)nn6)CC5)cc4F)CC2)n3C)cn1. The van der Waals surface area contributed by atoms with Gasteiger partial charge in [0.1, 0.15) is 29.0 Å². The Kier molecular flexibility index (Phi) is 12.1. The van der Waals surface area contributed by atoms with E-state index in [9.17, 15) is 14.4 Å². The van der Waals surface area contributed by atoms with Crippen LogP contribution < -0.4 is 16.0 Å². The quantitative estimate of drug-likeness (QED) is 0.106. The Balaban J connectivity index is 0.769. The Morgan fingerprint density at radius 3 is 2.47 bits per heavy atom. The number of carbonyl (C=O) groups is 3. The number of nitrogens with zero attached hydrogens (tertiary/aromatic N) is 8. The minimum atomic E-state index is -0.440. The first kappa shape index (κ1) is 42.6. The molecule has 15 heteroatoms. The van der Waals surface area contributed by atoms with Gasteiger partial charge < -0.3 is 20.1 Å². The number of aryl methyl sites for hydroxylation is 3. The molecule has 0 bridgehead atoms. The van der Waals surface area contributed by atoms with Crippen LogP contribution in [0.3, 0.4) is 0 Å². The summed E-state index contributed by atoms with van der Waals surface area (Å²) in [5, 5.41) is 18.5. The van der Waals surface area contributed by atoms with E-state index in [-0.39, 0.29) is 29.6 Å². The van der Waals surface area contributed by atoms with Gasteiger partial charge in [0.25, 0.3) is 5.91 Å². The van der Waals surface area contributed by atoms with Gasteiger partial charge >= 0.3 is 0 Å². The highest BCUT2D eigenvalue weighted by atomic mass is 19.1. The van der Waals surface area contributed by atoms with Gasteiger partial charge in [-0.1, -0.05) is 23.4 Å². The van der Waals surface area contributed by atoms with E-state index in [1.807, 2.05) is 84.6 Å². The molecule has 0 radical (unpaired) electrons. The van der Waals surface area contributed by atoms with E-state index < -0.39 is 6.04 Å². The van der Waals surface area contributed by atoms with Gasteiger partial charge in [-0.15, -0.1) is 5.10 Å². The van der Waals surface area contributed by atoms with E-state index in [0.29, 0.717) is 62.5 Å². The number of carbonyl (C=O) groups excluding carboxylic acids is 3. The predicted molar refractivity (Wildman–Crippen MR) is 246 cm³/mol. The number of nitrogens with one attached hydrogen (secondary N) is 3. The molecule has 14 nitrogen and oxygen atoms in total. The Labute approximate surface area is 372 Å². The predicted octanol–water partition coefficient (Wildman–Crippen LogP) is 7.39. The molecule has 9 rings (SSSR count). The van der Waals surface area contributed by atoms with Crippen molar-refractivity contribution in [3.63, 3.8) is 0 Å². The van der Waals surface area contributed by atoms with E-state index in [1.165, 1.54) is 6.07 Å². The summed E-state index contributed by atoms with van der Waals surface area (Å²) in [6.45, 7) is 7.55. The number of rotatable bonds is 12. The third-order valence-electron chi connectivity index (χ3n) is 13.3. The van der Waals surface area contributed by atoms with Gasteiger partial charge in [-0.2, -0.15) is 0 Å². The third kappa shape index (κ3) is 8.76. The monoisotopic (exact) mass is 863 g/mol. The van der Waals surface area contributed by atoms with E-state index in [1.54, 1.807) is 0 Å². The van der Waals surface area contributed by atoms with Crippen molar-refractivity contribution in [1.29, 1.82) is 0 Å². The Morgan fingerprint density at radius 2 is 1.77 bits per heavy atom. The fraction of sp³-hybridized carbons (Fsp3) is 0.367. The fourth-order valence-electron chi connectivity index (χ4n) is 9.55. The van der Waals surface area contributed by atoms with Crippen molar-refractivity contribution in [2.24, 2.45) is 13.0 Å². The van der Waals surface area contributed by atoms with Gasteiger partial charge in [-0.25, -0.2) is 14.4 Å². The van der Waals surface area contributed by atoms with Gasteiger partial charge in [-0.3, -0.25) is 29.3 Å². The number of fused-ring (bicyclic) bond motifs is 1. The number of halogens is 1. The molecule has 3 aliphatic rings. The number of anilines is 2. The second-order valence-corrected chi connectivity index (χ2v) is 17.3. The lowest BCUT2D eigenvalue weighted by Crippen LogP contribution is -2.47. The van der Waals surface area contributed by atoms with Crippen molar-refractivity contribution in [1.82, 2.24) is 44.6 Å². The summed E-state index contributed by atoms with van der Waals surface area (Å²) in [7, 11) is 3.92. The number of hydrogen-bond donors (Lipinski definition) is 3. The van der Waals surface area contributed by atoms with Gasteiger partial charge in [0.15, 0.2) is 0 Å². The van der Waals surface area contributed by atoms with Crippen molar-refractivity contribution in [2.75, 3.05) is 43.9 Å². The molecule has 4 aromatic heterocycles. The Bertz CT molecular complexity index is 2710. The van der Waals surface area contributed by atoms with E-state index in [2.05, 4.69) is 72.9 Å². The number of pyridine rings is 2. The first-order valence-corrected chi connectivity index (χ1v) is 22.2. The molecule has 64 heavy (non-hydrogen) atoms. The topological polar surface area (TPSA) is 155 Å². The number of aromatic nitrogens is 6. The fourth-order valence-corrected chi connectivity index (χ4v) is 9.55. The van der Waals surface area contributed by atoms with Crippen molar-refractivity contribution >= 4 is 45.8 Å². The Hall–Kier alpha value is -6.74. The van der Waals surface area contributed by atoms with Crippen molar-refractivity contribution in [2.45, 2.75) is 71.0 Å². The molecular formula is C49H54FN11O3. The molecule has 2 saturated heterocycles. The molecule has 6 aromatic rings.